The summed E-state index contributed by atoms with van der Waals surface area (Å²) in [5.74, 6) is -0.180. The Kier molecular flexibility index (Phi) is 29.7. The molecule has 6 heteroatoms. The predicted molar refractivity (Wildman–Crippen MR) is 164 cm³/mol. The van der Waals surface area contributed by atoms with E-state index in [4.69, 9.17) is 9.47 Å². The van der Waals surface area contributed by atoms with Crippen LogP contribution in [0.15, 0.2) is 0 Å². The molecule has 0 aromatic rings. The molecule has 38 heavy (non-hydrogen) atoms. The van der Waals surface area contributed by atoms with E-state index in [1.54, 1.807) is 0 Å². The van der Waals surface area contributed by atoms with Crippen molar-refractivity contribution < 1.29 is 19.1 Å². The second kappa shape index (κ2) is 30.5. The first-order valence-corrected chi connectivity index (χ1v) is 16.6. The number of hydrogen-bond acceptors (Lipinski definition) is 5. The third-order valence-electron chi connectivity index (χ3n) is 7.44. The van der Waals surface area contributed by atoms with Gasteiger partial charge in [0, 0.05) is 25.9 Å². The van der Waals surface area contributed by atoms with E-state index in [2.05, 4.69) is 13.8 Å². The maximum Gasteiger partial charge on any atom is 0.305 e. The summed E-state index contributed by atoms with van der Waals surface area (Å²) in [5, 5.41) is 0. The van der Waals surface area contributed by atoms with Crippen molar-refractivity contribution in [2.75, 3.05) is 26.3 Å². The standard InChI is InChI=1S/C32H64BNO4/c1-3-5-7-9-11-13-15-17-19-21-23-25-31(35)37-29-27-34(33)28-30-38-32(36)26-24-22-20-18-16-14-12-10-8-6-4-2/h3-30,33H2,1-2H3. The average molecular weight is 538 g/mol. The van der Waals surface area contributed by atoms with E-state index in [0.29, 0.717) is 39.1 Å². The summed E-state index contributed by atoms with van der Waals surface area (Å²) in [7, 11) is 1.97. The largest absolute Gasteiger partial charge is 0.464 e. The molecule has 0 unspecified atom stereocenters. The van der Waals surface area contributed by atoms with Crippen LogP contribution in [0.4, 0.5) is 0 Å². The highest BCUT2D eigenvalue weighted by Crippen LogP contribution is 2.13. The Morgan fingerprint density at radius 2 is 0.737 bits per heavy atom. The Bertz CT molecular complexity index is 474. The number of esters is 2. The molecule has 0 aromatic carbocycles. The van der Waals surface area contributed by atoms with Gasteiger partial charge in [0.15, 0.2) is 7.98 Å². The molecule has 0 spiro atoms. The van der Waals surface area contributed by atoms with Gasteiger partial charge in [-0.15, -0.1) is 0 Å². The van der Waals surface area contributed by atoms with E-state index in [9.17, 15) is 9.59 Å². The Morgan fingerprint density at radius 3 is 1.03 bits per heavy atom. The van der Waals surface area contributed by atoms with Crippen LogP contribution >= 0.6 is 0 Å². The van der Waals surface area contributed by atoms with Gasteiger partial charge in [0.2, 0.25) is 0 Å². The van der Waals surface area contributed by atoms with Crippen LogP contribution in [-0.4, -0.2) is 51.0 Å². The number of carbonyl (C=O) groups excluding carboxylic acids is 2. The summed E-state index contributed by atoms with van der Waals surface area (Å²) in [6, 6.07) is 0. The van der Waals surface area contributed by atoms with Crippen LogP contribution in [-0.2, 0) is 19.1 Å². The Hall–Kier alpha value is -1.04. The number of unbranched alkanes of at least 4 members (excludes halogenated alkanes) is 20. The van der Waals surface area contributed by atoms with Crippen molar-refractivity contribution in [3.05, 3.63) is 0 Å². The lowest BCUT2D eigenvalue weighted by Gasteiger charge is -2.17. The van der Waals surface area contributed by atoms with Gasteiger partial charge in [-0.3, -0.25) is 9.59 Å². The molecule has 0 radical (unpaired) electrons. The second-order valence-corrected chi connectivity index (χ2v) is 11.3. The minimum atomic E-state index is -0.0901. The van der Waals surface area contributed by atoms with Crippen molar-refractivity contribution in [1.29, 1.82) is 0 Å². The molecule has 0 aliphatic carbocycles. The number of rotatable bonds is 30. The molecule has 5 nitrogen and oxygen atoms in total. The fourth-order valence-electron chi connectivity index (χ4n) is 4.75. The monoisotopic (exact) mass is 537 g/mol. The third-order valence-corrected chi connectivity index (χ3v) is 7.44. The van der Waals surface area contributed by atoms with E-state index < -0.39 is 0 Å². The van der Waals surface area contributed by atoms with Crippen LogP contribution in [0, 0.1) is 0 Å². The zero-order chi connectivity index (χ0) is 27.9. The van der Waals surface area contributed by atoms with Crippen molar-refractivity contribution >= 4 is 19.9 Å². The van der Waals surface area contributed by atoms with Crippen molar-refractivity contribution in [3.8, 4) is 0 Å². The van der Waals surface area contributed by atoms with E-state index in [1.807, 2.05) is 12.8 Å². The fraction of sp³-hybridized carbons (Fsp3) is 0.938. The third kappa shape index (κ3) is 29.5. The summed E-state index contributed by atoms with van der Waals surface area (Å²) in [6.07, 6.45) is 29.3. The number of nitrogens with zero attached hydrogens (tertiary/aromatic N) is 1. The molecule has 0 atom stereocenters. The van der Waals surface area contributed by atoms with Crippen LogP contribution in [0.2, 0.25) is 0 Å². The molecular weight excluding hydrogens is 473 g/mol. The lowest BCUT2D eigenvalue weighted by molar-refractivity contribution is -0.143. The minimum absolute atomic E-state index is 0.0901. The Balaban J connectivity index is 3.39. The average Bonchev–Trinajstić information content (AvgIpc) is 2.90. The molecule has 0 N–H and O–H groups in total. The molecule has 0 saturated heterocycles. The number of carbonyl (C=O) groups is 2. The van der Waals surface area contributed by atoms with Crippen molar-refractivity contribution in [1.82, 2.24) is 4.81 Å². The van der Waals surface area contributed by atoms with Gasteiger partial charge in [-0.25, -0.2) is 0 Å². The van der Waals surface area contributed by atoms with Gasteiger partial charge in [-0.2, -0.15) is 0 Å². The summed E-state index contributed by atoms with van der Waals surface area (Å²) in [5.41, 5.74) is 0. The summed E-state index contributed by atoms with van der Waals surface area (Å²) in [6.45, 7) is 6.66. The quantitative estimate of drug-likeness (QED) is 0.0524. The maximum atomic E-state index is 11.9. The van der Waals surface area contributed by atoms with E-state index in [1.165, 1.54) is 116 Å². The van der Waals surface area contributed by atoms with Crippen LogP contribution in [0.25, 0.3) is 0 Å². The molecule has 0 amide bonds. The normalized spacial score (nSPS) is 11.2. The summed E-state index contributed by atoms with van der Waals surface area (Å²) < 4.78 is 10.7. The number of hydrogen-bond donors (Lipinski definition) is 0. The summed E-state index contributed by atoms with van der Waals surface area (Å²) >= 11 is 0. The molecule has 0 rings (SSSR count). The van der Waals surface area contributed by atoms with Gasteiger partial charge in [0.05, 0.1) is 0 Å². The van der Waals surface area contributed by atoms with E-state index in [-0.39, 0.29) is 11.9 Å². The fourth-order valence-corrected chi connectivity index (χ4v) is 4.75. The molecular formula is C32H64BNO4. The van der Waals surface area contributed by atoms with Crippen molar-refractivity contribution in [2.24, 2.45) is 0 Å². The Labute approximate surface area is 238 Å². The molecule has 0 aliphatic heterocycles. The minimum Gasteiger partial charge on any atom is -0.464 e. The molecule has 0 heterocycles. The second-order valence-electron chi connectivity index (χ2n) is 11.3. The number of ether oxygens (including phenoxy) is 2. The molecule has 0 fully saturated rings. The highest BCUT2D eigenvalue weighted by Gasteiger charge is 2.06. The molecule has 224 valence electrons. The van der Waals surface area contributed by atoms with E-state index >= 15 is 0 Å². The smallest absolute Gasteiger partial charge is 0.305 e. The van der Waals surface area contributed by atoms with Gasteiger partial charge < -0.3 is 14.3 Å². The zero-order valence-electron chi connectivity index (χ0n) is 25.9. The van der Waals surface area contributed by atoms with Crippen molar-refractivity contribution in [2.45, 2.75) is 168 Å². The van der Waals surface area contributed by atoms with Gasteiger partial charge in [0.1, 0.15) is 13.2 Å². The molecule has 0 aromatic heterocycles. The Morgan fingerprint density at radius 1 is 0.474 bits per heavy atom. The van der Waals surface area contributed by atoms with Gasteiger partial charge in [-0.1, -0.05) is 142 Å². The first-order chi connectivity index (χ1) is 18.6. The van der Waals surface area contributed by atoms with Crippen LogP contribution in [0.5, 0.6) is 0 Å². The molecule has 0 saturated carbocycles. The summed E-state index contributed by atoms with van der Waals surface area (Å²) in [4.78, 5) is 25.9. The van der Waals surface area contributed by atoms with Crippen molar-refractivity contribution in [3.63, 3.8) is 0 Å². The maximum absolute atomic E-state index is 11.9. The van der Waals surface area contributed by atoms with Gasteiger partial charge in [-0.05, 0) is 12.8 Å². The highest BCUT2D eigenvalue weighted by atomic mass is 16.5. The zero-order valence-corrected chi connectivity index (χ0v) is 25.9. The predicted octanol–water partition coefficient (Wildman–Crippen LogP) is 8.33. The van der Waals surface area contributed by atoms with Crippen LogP contribution in [0.1, 0.15) is 168 Å². The molecule has 0 aliphatic rings. The van der Waals surface area contributed by atoms with Crippen LogP contribution < -0.4 is 0 Å². The van der Waals surface area contributed by atoms with Gasteiger partial charge in [0.25, 0.3) is 0 Å². The topological polar surface area (TPSA) is 55.8 Å². The van der Waals surface area contributed by atoms with E-state index in [0.717, 1.165) is 25.7 Å². The molecule has 0 bridgehead atoms. The van der Waals surface area contributed by atoms with Crippen LogP contribution in [0.3, 0.4) is 0 Å². The van der Waals surface area contributed by atoms with Gasteiger partial charge >= 0.3 is 11.9 Å². The lowest BCUT2D eigenvalue weighted by atomic mass is 10.1. The SMILES string of the molecule is BN(CCOC(=O)CCCCCCCCCCCCC)CCOC(=O)CCCCCCCCCCCCC. The lowest BCUT2D eigenvalue weighted by Crippen LogP contribution is -2.29. The first-order valence-electron chi connectivity index (χ1n) is 16.6. The first kappa shape index (κ1) is 37.0. The highest BCUT2D eigenvalue weighted by molar-refractivity contribution is 6.04.